The van der Waals surface area contributed by atoms with Gasteiger partial charge in [0.25, 0.3) is 5.91 Å². The molecule has 0 saturated carbocycles. The third-order valence-electron chi connectivity index (χ3n) is 6.27. The fourth-order valence-electron chi connectivity index (χ4n) is 4.56. The van der Waals surface area contributed by atoms with Crippen molar-refractivity contribution in [3.8, 4) is 11.1 Å². The summed E-state index contributed by atoms with van der Waals surface area (Å²) < 4.78 is 27.9. The normalized spacial score (nSPS) is 14.4. The molecular weight excluding hydrogens is 434 g/mol. The van der Waals surface area contributed by atoms with E-state index < -0.39 is 0 Å². The molecule has 0 radical (unpaired) electrons. The van der Waals surface area contributed by atoms with Gasteiger partial charge in [-0.05, 0) is 90.6 Å². The van der Waals surface area contributed by atoms with Crippen LogP contribution in [0.25, 0.3) is 22.0 Å². The van der Waals surface area contributed by atoms with Crippen molar-refractivity contribution < 1.29 is 13.6 Å². The molecule has 7 heteroatoms. The SMILES string of the molecule is O=C(NCc1cccc(F)c1)c1n[nH]c2ccc(-c3cc(F)cc(CN4CCCCC4)c3)cc12. The van der Waals surface area contributed by atoms with Crippen molar-refractivity contribution in [1.29, 1.82) is 0 Å². The summed E-state index contributed by atoms with van der Waals surface area (Å²) in [7, 11) is 0. The highest BCUT2D eigenvalue weighted by atomic mass is 19.1. The van der Waals surface area contributed by atoms with Crippen LogP contribution in [-0.2, 0) is 13.1 Å². The van der Waals surface area contributed by atoms with E-state index in [0.29, 0.717) is 16.5 Å². The predicted molar refractivity (Wildman–Crippen MR) is 128 cm³/mol. The van der Waals surface area contributed by atoms with Gasteiger partial charge in [-0.1, -0.05) is 24.6 Å². The van der Waals surface area contributed by atoms with Gasteiger partial charge in [0.1, 0.15) is 11.6 Å². The summed E-state index contributed by atoms with van der Waals surface area (Å²) in [5, 5.41) is 10.5. The van der Waals surface area contributed by atoms with Gasteiger partial charge in [0, 0.05) is 18.5 Å². The van der Waals surface area contributed by atoms with Crippen LogP contribution in [0.5, 0.6) is 0 Å². The molecule has 0 bridgehead atoms. The topological polar surface area (TPSA) is 61.0 Å². The third-order valence-corrected chi connectivity index (χ3v) is 6.27. The smallest absolute Gasteiger partial charge is 0.272 e. The van der Waals surface area contributed by atoms with Crippen LogP contribution in [0.3, 0.4) is 0 Å². The number of fused-ring (bicyclic) bond motifs is 1. The number of rotatable bonds is 6. The van der Waals surface area contributed by atoms with Gasteiger partial charge in [0.2, 0.25) is 0 Å². The molecule has 174 valence electrons. The van der Waals surface area contributed by atoms with E-state index in [4.69, 9.17) is 0 Å². The van der Waals surface area contributed by atoms with Crippen LogP contribution in [0.2, 0.25) is 0 Å². The minimum Gasteiger partial charge on any atom is -0.347 e. The standard InChI is InChI=1S/C27H26F2N4O/c28-22-6-4-5-18(12-22)16-30-27(34)26-24-15-20(7-8-25(24)31-32-26)21-11-19(13-23(29)14-21)17-33-9-2-1-3-10-33/h4-8,11-15H,1-3,9-10,16-17H2,(H,30,34)(H,31,32). The van der Waals surface area contributed by atoms with E-state index in [1.54, 1.807) is 18.2 Å². The molecule has 3 aromatic carbocycles. The molecule has 0 aliphatic carbocycles. The maximum Gasteiger partial charge on any atom is 0.272 e. The molecule has 1 aliphatic rings. The van der Waals surface area contributed by atoms with Gasteiger partial charge in [-0.3, -0.25) is 14.8 Å². The number of benzene rings is 3. The molecule has 1 aliphatic heterocycles. The molecule has 0 spiro atoms. The van der Waals surface area contributed by atoms with E-state index in [9.17, 15) is 13.6 Å². The van der Waals surface area contributed by atoms with Gasteiger partial charge in [-0.15, -0.1) is 0 Å². The molecule has 2 N–H and O–H groups in total. The number of H-pyrrole nitrogens is 1. The number of likely N-dealkylation sites (tertiary alicyclic amines) is 1. The summed E-state index contributed by atoms with van der Waals surface area (Å²) in [6, 6.07) is 16.8. The molecule has 1 fully saturated rings. The Morgan fingerprint density at radius 1 is 0.912 bits per heavy atom. The van der Waals surface area contributed by atoms with Crippen LogP contribution in [-0.4, -0.2) is 34.1 Å². The van der Waals surface area contributed by atoms with Crippen LogP contribution < -0.4 is 5.32 Å². The molecule has 34 heavy (non-hydrogen) atoms. The van der Waals surface area contributed by atoms with E-state index in [-0.39, 0.29) is 29.8 Å². The lowest BCUT2D eigenvalue weighted by Gasteiger charge is -2.26. The van der Waals surface area contributed by atoms with E-state index >= 15 is 0 Å². The van der Waals surface area contributed by atoms with Gasteiger partial charge in [-0.2, -0.15) is 5.10 Å². The lowest BCUT2D eigenvalue weighted by molar-refractivity contribution is 0.0947. The lowest BCUT2D eigenvalue weighted by atomic mass is 10.00. The molecule has 1 aromatic heterocycles. The number of hydrogen-bond donors (Lipinski definition) is 2. The van der Waals surface area contributed by atoms with Crippen LogP contribution in [0.4, 0.5) is 8.78 Å². The Bertz CT molecular complexity index is 1330. The largest absolute Gasteiger partial charge is 0.347 e. The second-order valence-corrected chi connectivity index (χ2v) is 8.83. The van der Waals surface area contributed by atoms with Crippen molar-refractivity contribution in [2.45, 2.75) is 32.4 Å². The summed E-state index contributed by atoms with van der Waals surface area (Å²) in [5.74, 6) is -0.987. The van der Waals surface area contributed by atoms with E-state index in [1.807, 2.05) is 24.3 Å². The number of carbonyl (C=O) groups excluding carboxylic acids is 1. The fourth-order valence-corrected chi connectivity index (χ4v) is 4.56. The average Bonchev–Trinajstić information content (AvgIpc) is 3.26. The summed E-state index contributed by atoms with van der Waals surface area (Å²) in [4.78, 5) is 15.2. The molecule has 2 heterocycles. The Kier molecular flexibility index (Phi) is 6.36. The van der Waals surface area contributed by atoms with Crippen molar-refractivity contribution in [3.05, 3.63) is 89.1 Å². The second-order valence-electron chi connectivity index (χ2n) is 8.83. The fraction of sp³-hybridized carbons (Fsp3) is 0.259. The van der Waals surface area contributed by atoms with E-state index in [1.165, 1.54) is 37.5 Å². The van der Waals surface area contributed by atoms with Crippen molar-refractivity contribution >= 4 is 16.8 Å². The van der Waals surface area contributed by atoms with Gasteiger partial charge in [0.15, 0.2) is 5.69 Å². The van der Waals surface area contributed by atoms with Crippen molar-refractivity contribution in [3.63, 3.8) is 0 Å². The quantitative estimate of drug-likeness (QED) is 0.404. The summed E-state index contributed by atoms with van der Waals surface area (Å²) >= 11 is 0. The Morgan fingerprint density at radius 3 is 2.56 bits per heavy atom. The van der Waals surface area contributed by atoms with Crippen LogP contribution in [0.15, 0.2) is 60.7 Å². The predicted octanol–water partition coefficient (Wildman–Crippen LogP) is 5.42. The zero-order valence-corrected chi connectivity index (χ0v) is 18.8. The maximum absolute atomic E-state index is 14.5. The third kappa shape index (κ3) is 4.99. The number of aromatic nitrogens is 2. The molecule has 4 aromatic rings. The first-order chi connectivity index (χ1) is 16.5. The van der Waals surface area contributed by atoms with Crippen molar-refractivity contribution in [2.24, 2.45) is 0 Å². The average molecular weight is 461 g/mol. The Hall–Kier alpha value is -3.58. The Labute approximate surface area is 196 Å². The van der Waals surface area contributed by atoms with Gasteiger partial charge < -0.3 is 5.32 Å². The molecule has 1 amide bonds. The minimum absolute atomic E-state index is 0.189. The first-order valence-electron chi connectivity index (χ1n) is 11.6. The Balaban J connectivity index is 1.38. The number of hydrogen-bond acceptors (Lipinski definition) is 3. The molecular formula is C27H26F2N4O. The number of nitrogens with zero attached hydrogens (tertiary/aromatic N) is 2. The number of halogens is 2. The molecule has 5 rings (SSSR count). The number of aromatic amines is 1. The first-order valence-corrected chi connectivity index (χ1v) is 11.6. The highest BCUT2D eigenvalue weighted by Gasteiger charge is 2.16. The number of nitrogens with one attached hydrogen (secondary N) is 2. The van der Waals surface area contributed by atoms with Crippen LogP contribution >= 0.6 is 0 Å². The van der Waals surface area contributed by atoms with Gasteiger partial charge in [0.05, 0.1) is 5.52 Å². The van der Waals surface area contributed by atoms with Crippen molar-refractivity contribution in [1.82, 2.24) is 20.4 Å². The molecule has 0 atom stereocenters. The molecule has 5 nitrogen and oxygen atoms in total. The zero-order chi connectivity index (χ0) is 23.5. The zero-order valence-electron chi connectivity index (χ0n) is 18.8. The highest BCUT2D eigenvalue weighted by molar-refractivity contribution is 6.05. The first kappa shape index (κ1) is 22.2. The molecule has 0 unspecified atom stereocenters. The lowest BCUT2D eigenvalue weighted by Crippen LogP contribution is -2.29. The number of carbonyl (C=O) groups is 1. The molecule has 1 saturated heterocycles. The number of piperidine rings is 1. The number of amides is 1. The van der Waals surface area contributed by atoms with E-state index in [2.05, 4.69) is 20.4 Å². The monoisotopic (exact) mass is 460 g/mol. The van der Waals surface area contributed by atoms with Crippen molar-refractivity contribution in [2.75, 3.05) is 13.1 Å². The minimum atomic E-state index is -0.363. The van der Waals surface area contributed by atoms with Crippen LogP contribution in [0, 0.1) is 11.6 Å². The van der Waals surface area contributed by atoms with Gasteiger partial charge >= 0.3 is 0 Å². The van der Waals surface area contributed by atoms with Gasteiger partial charge in [-0.25, -0.2) is 8.78 Å². The summed E-state index contributed by atoms with van der Waals surface area (Å²) in [5.41, 5.74) is 4.14. The maximum atomic E-state index is 14.5. The summed E-state index contributed by atoms with van der Waals surface area (Å²) in [6.45, 7) is 3.00. The summed E-state index contributed by atoms with van der Waals surface area (Å²) in [6.07, 6.45) is 3.63. The van der Waals surface area contributed by atoms with E-state index in [0.717, 1.165) is 36.3 Å². The second kappa shape index (κ2) is 9.73. The highest BCUT2D eigenvalue weighted by Crippen LogP contribution is 2.28. The Morgan fingerprint density at radius 2 is 1.74 bits per heavy atom. The van der Waals surface area contributed by atoms with Crippen LogP contribution in [0.1, 0.15) is 40.9 Å².